The Morgan fingerprint density at radius 3 is 2.24 bits per heavy atom. The summed E-state index contributed by atoms with van der Waals surface area (Å²) in [6.07, 6.45) is 0. The summed E-state index contributed by atoms with van der Waals surface area (Å²) in [4.78, 5) is 27.3. The zero-order valence-corrected chi connectivity index (χ0v) is 18.0. The first-order valence-electron chi connectivity index (χ1n) is 9.60. The predicted molar refractivity (Wildman–Crippen MR) is 113 cm³/mol. The lowest BCUT2D eigenvalue weighted by atomic mass is 10.0. The molecular weight excluding hydrogens is 368 g/mol. The highest BCUT2D eigenvalue weighted by molar-refractivity contribution is 5.97. The third kappa shape index (κ3) is 5.50. The molecule has 2 amide bonds. The Morgan fingerprint density at radius 2 is 1.69 bits per heavy atom. The van der Waals surface area contributed by atoms with Gasteiger partial charge in [0.15, 0.2) is 11.5 Å². The lowest BCUT2D eigenvalue weighted by Crippen LogP contribution is -2.50. The lowest BCUT2D eigenvalue weighted by Gasteiger charge is -2.27. The molecule has 0 heterocycles. The number of aryl methyl sites for hydroxylation is 1. The number of ether oxygens (including phenoxy) is 2. The summed E-state index contributed by atoms with van der Waals surface area (Å²) in [6, 6.07) is 12.2. The molecule has 6 nitrogen and oxygen atoms in total. The zero-order valence-electron chi connectivity index (χ0n) is 18.0. The minimum Gasteiger partial charge on any atom is -0.493 e. The van der Waals surface area contributed by atoms with E-state index in [1.165, 1.54) is 0 Å². The molecule has 2 aromatic rings. The van der Waals surface area contributed by atoms with Crippen LogP contribution in [0.4, 0.5) is 0 Å². The van der Waals surface area contributed by atoms with Crippen LogP contribution in [0.5, 0.6) is 11.5 Å². The maximum Gasteiger partial charge on any atom is 0.251 e. The Labute approximate surface area is 172 Å². The molecule has 0 spiro atoms. The quantitative estimate of drug-likeness (QED) is 0.740. The SMILES string of the molecule is COc1cccc(CN(C)C(=O)[C@H](NC(=O)c2ccc(C)cc2)C(C)C)c1OC. The largest absolute Gasteiger partial charge is 0.493 e. The van der Waals surface area contributed by atoms with Crippen LogP contribution in [0.15, 0.2) is 42.5 Å². The Kier molecular flexibility index (Phi) is 7.65. The summed E-state index contributed by atoms with van der Waals surface area (Å²) < 4.78 is 10.8. The van der Waals surface area contributed by atoms with Crippen molar-refractivity contribution in [2.75, 3.05) is 21.3 Å². The minimum absolute atomic E-state index is 0.0634. The Morgan fingerprint density at radius 1 is 1.03 bits per heavy atom. The molecule has 6 heteroatoms. The van der Waals surface area contributed by atoms with Crippen LogP contribution in [0.2, 0.25) is 0 Å². The van der Waals surface area contributed by atoms with Crippen LogP contribution < -0.4 is 14.8 Å². The van der Waals surface area contributed by atoms with Crippen LogP contribution in [0.3, 0.4) is 0 Å². The zero-order chi connectivity index (χ0) is 21.6. The standard InChI is InChI=1S/C23H30N2O4/c1-15(2)20(24-22(26)17-12-10-16(3)11-13-17)23(27)25(4)14-18-8-7-9-19(28-5)21(18)29-6/h7-13,15,20H,14H2,1-6H3,(H,24,26)/t20-/m1/s1. The van der Waals surface area contributed by atoms with Gasteiger partial charge in [-0.25, -0.2) is 0 Å². The van der Waals surface area contributed by atoms with E-state index in [9.17, 15) is 9.59 Å². The number of hydrogen-bond donors (Lipinski definition) is 1. The van der Waals surface area contributed by atoms with E-state index in [4.69, 9.17) is 9.47 Å². The summed E-state index contributed by atoms with van der Waals surface area (Å²) in [5, 5.41) is 2.88. The van der Waals surface area contributed by atoms with E-state index in [0.29, 0.717) is 23.6 Å². The molecule has 0 bridgehead atoms. The first-order chi connectivity index (χ1) is 13.8. The monoisotopic (exact) mass is 398 g/mol. The van der Waals surface area contributed by atoms with Crippen LogP contribution in [-0.4, -0.2) is 44.0 Å². The molecule has 29 heavy (non-hydrogen) atoms. The highest BCUT2D eigenvalue weighted by Crippen LogP contribution is 2.31. The molecule has 0 fully saturated rings. The van der Waals surface area contributed by atoms with E-state index in [2.05, 4.69) is 5.32 Å². The number of methoxy groups -OCH3 is 2. The van der Waals surface area contributed by atoms with Gasteiger partial charge in [0.2, 0.25) is 5.91 Å². The van der Waals surface area contributed by atoms with E-state index in [1.807, 2.05) is 51.1 Å². The number of nitrogens with one attached hydrogen (secondary N) is 1. The Balaban J connectivity index is 2.16. The van der Waals surface area contributed by atoms with Gasteiger partial charge in [0, 0.05) is 24.7 Å². The highest BCUT2D eigenvalue weighted by Gasteiger charge is 2.28. The fourth-order valence-corrected chi connectivity index (χ4v) is 3.09. The van der Waals surface area contributed by atoms with Gasteiger partial charge in [0.1, 0.15) is 6.04 Å². The molecule has 2 aromatic carbocycles. The van der Waals surface area contributed by atoms with Crippen molar-refractivity contribution in [2.45, 2.75) is 33.4 Å². The molecule has 156 valence electrons. The topological polar surface area (TPSA) is 67.9 Å². The van der Waals surface area contributed by atoms with E-state index >= 15 is 0 Å². The van der Waals surface area contributed by atoms with Crippen LogP contribution in [0, 0.1) is 12.8 Å². The summed E-state index contributed by atoms with van der Waals surface area (Å²) in [5.41, 5.74) is 2.44. The van der Waals surface area contributed by atoms with Crippen molar-refractivity contribution in [1.82, 2.24) is 10.2 Å². The summed E-state index contributed by atoms with van der Waals surface area (Å²) in [5.74, 6) is 0.722. The van der Waals surface area contributed by atoms with Crippen LogP contribution >= 0.6 is 0 Å². The van der Waals surface area contributed by atoms with Crippen molar-refractivity contribution < 1.29 is 19.1 Å². The number of nitrogens with zero attached hydrogens (tertiary/aromatic N) is 1. The molecule has 0 saturated carbocycles. The van der Waals surface area contributed by atoms with Crippen molar-refractivity contribution in [3.05, 3.63) is 59.2 Å². The Hall–Kier alpha value is -3.02. The van der Waals surface area contributed by atoms with Crippen LogP contribution in [-0.2, 0) is 11.3 Å². The lowest BCUT2D eigenvalue weighted by molar-refractivity contribution is -0.133. The fourth-order valence-electron chi connectivity index (χ4n) is 3.09. The molecule has 0 aliphatic heterocycles. The van der Waals surface area contributed by atoms with Crippen LogP contribution in [0.1, 0.15) is 35.3 Å². The van der Waals surface area contributed by atoms with Gasteiger partial charge in [0.05, 0.1) is 14.2 Å². The molecule has 0 unspecified atom stereocenters. The second kappa shape index (κ2) is 9.96. The predicted octanol–water partition coefficient (Wildman–Crippen LogP) is 3.43. The van der Waals surface area contributed by atoms with Gasteiger partial charge in [0.25, 0.3) is 5.91 Å². The van der Waals surface area contributed by atoms with Gasteiger partial charge < -0.3 is 19.7 Å². The van der Waals surface area contributed by atoms with E-state index in [0.717, 1.165) is 11.1 Å². The first-order valence-corrected chi connectivity index (χ1v) is 9.60. The summed E-state index contributed by atoms with van der Waals surface area (Å²) in [7, 11) is 4.86. The molecule has 1 atom stereocenters. The molecule has 0 saturated heterocycles. The van der Waals surface area contributed by atoms with Gasteiger partial charge in [-0.1, -0.05) is 43.7 Å². The third-order valence-corrected chi connectivity index (χ3v) is 4.80. The Bertz CT molecular complexity index is 846. The molecule has 0 aliphatic rings. The van der Waals surface area contributed by atoms with Gasteiger partial charge >= 0.3 is 0 Å². The van der Waals surface area contributed by atoms with Gasteiger partial charge in [-0.15, -0.1) is 0 Å². The second-order valence-corrected chi connectivity index (χ2v) is 7.41. The van der Waals surface area contributed by atoms with E-state index < -0.39 is 6.04 Å². The number of benzene rings is 2. The average Bonchev–Trinajstić information content (AvgIpc) is 2.71. The second-order valence-electron chi connectivity index (χ2n) is 7.41. The number of para-hydroxylation sites is 1. The number of rotatable bonds is 8. The van der Waals surface area contributed by atoms with E-state index in [1.54, 1.807) is 38.3 Å². The summed E-state index contributed by atoms with van der Waals surface area (Å²) in [6.45, 7) is 6.13. The maximum atomic E-state index is 13.1. The van der Waals surface area contributed by atoms with E-state index in [-0.39, 0.29) is 17.7 Å². The van der Waals surface area contributed by atoms with Crippen molar-refractivity contribution in [1.29, 1.82) is 0 Å². The van der Waals surface area contributed by atoms with Gasteiger partial charge in [-0.05, 0) is 31.0 Å². The number of carbonyl (C=O) groups excluding carboxylic acids is 2. The van der Waals surface area contributed by atoms with Crippen molar-refractivity contribution in [3.8, 4) is 11.5 Å². The van der Waals surface area contributed by atoms with Gasteiger partial charge in [-0.3, -0.25) is 9.59 Å². The van der Waals surface area contributed by atoms with Crippen LogP contribution in [0.25, 0.3) is 0 Å². The summed E-state index contributed by atoms with van der Waals surface area (Å²) >= 11 is 0. The molecule has 0 aromatic heterocycles. The number of carbonyl (C=O) groups is 2. The molecule has 2 rings (SSSR count). The molecular formula is C23H30N2O4. The van der Waals surface area contributed by atoms with Crippen molar-refractivity contribution in [2.24, 2.45) is 5.92 Å². The number of hydrogen-bond acceptors (Lipinski definition) is 4. The normalized spacial score (nSPS) is 11.7. The average molecular weight is 399 g/mol. The third-order valence-electron chi connectivity index (χ3n) is 4.80. The minimum atomic E-state index is -0.634. The van der Waals surface area contributed by atoms with Crippen molar-refractivity contribution in [3.63, 3.8) is 0 Å². The highest BCUT2D eigenvalue weighted by atomic mass is 16.5. The smallest absolute Gasteiger partial charge is 0.251 e. The number of likely N-dealkylation sites (N-methyl/N-ethyl adjacent to an activating group) is 1. The van der Waals surface area contributed by atoms with Gasteiger partial charge in [-0.2, -0.15) is 0 Å². The molecule has 1 N–H and O–H groups in total. The number of amides is 2. The maximum absolute atomic E-state index is 13.1. The fraction of sp³-hybridized carbons (Fsp3) is 0.391. The first kappa shape index (κ1) is 22.3. The molecule has 0 radical (unpaired) electrons. The molecule has 0 aliphatic carbocycles. The van der Waals surface area contributed by atoms with Crippen molar-refractivity contribution >= 4 is 11.8 Å².